The number of aromatic nitrogens is 1. The maximum Gasteiger partial charge on any atom is 0.157 e. The van der Waals surface area contributed by atoms with Gasteiger partial charge >= 0.3 is 0 Å². The van der Waals surface area contributed by atoms with Crippen molar-refractivity contribution in [3.05, 3.63) is 233 Å². The van der Waals surface area contributed by atoms with Crippen molar-refractivity contribution < 1.29 is 4.74 Å². The molecule has 58 heavy (non-hydrogen) atoms. The maximum absolute atomic E-state index is 7.13. The van der Waals surface area contributed by atoms with Crippen LogP contribution in [0.5, 0.6) is 11.5 Å². The Labute approximate surface area is 336 Å². The highest BCUT2D eigenvalue weighted by Gasteiger charge is 2.51. The van der Waals surface area contributed by atoms with Gasteiger partial charge in [-0.05, 0) is 46.0 Å². The number of pyridine rings is 1. The van der Waals surface area contributed by atoms with Crippen LogP contribution in [0.15, 0.2) is 204 Å². The molecule has 2 heterocycles. The number of para-hydroxylation sites is 2. The summed E-state index contributed by atoms with van der Waals surface area (Å²) < 4.78 is 7.13. The molecule has 2 aliphatic rings. The molecule has 0 unspecified atom stereocenters. The van der Waals surface area contributed by atoms with E-state index in [-0.39, 0.29) is 0 Å². The number of amidine groups is 2. The minimum atomic E-state index is -0.570. The molecule has 0 amide bonds. The van der Waals surface area contributed by atoms with Gasteiger partial charge in [-0.3, -0.25) is 4.99 Å². The fourth-order valence-electron chi connectivity index (χ4n) is 9.10. The summed E-state index contributed by atoms with van der Waals surface area (Å²) in [7, 11) is 0. The van der Waals surface area contributed by atoms with E-state index in [1.165, 1.54) is 22.3 Å². The molecule has 2 N–H and O–H groups in total. The molecule has 8 aromatic carbocycles. The maximum atomic E-state index is 7.13. The fourth-order valence-corrected chi connectivity index (χ4v) is 9.10. The second-order valence-corrected chi connectivity index (χ2v) is 14.9. The number of nitrogens with zero attached hydrogens (tertiary/aromatic N) is 3. The average Bonchev–Trinajstić information content (AvgIpc) is 3.58. The molecule has 0 radical (unpaired) electrons. The van der Waals surface area contributed by atoms with Gasteiger partial charge in [0.25, 0.3) is 0 Å². The van der Waals surface area contributed by atoms with Gasteiger partial charge in [0, 0.05) is 44.0 Å². The number of rotatable bonds is 5. The zero-order chi connectivity index (χ0) is 38.6. The predicted molar refractivity (Wildman–Crippen MR) is 236 cm³/mol. The first-order chi connectivity index (χ1) is 28.7. The molecular formula is C53H36N4O. The topological polar surface area (TPSA) is 72.9 Å². The van der Waals surface area contributed by atoms with Crippen molar-refractivity contribution in [2.24, 2.45) is 15.7 Å². The molecule has 11 rings (SSSR count). The van der Waals surface area contributed by atoms with Crippen LogP contribution >= 0.6 is 0 Å². The van der Waals surface area contributed by atoms with Crippen LogP contribution in [0.2, 0.25) is 0 Å². The lowest BCUT2D eigenvalue weighted by atomic mass is 9.65. The van der Waals surface area contributed by atoms with Crippen molar-refractivity contribution in [1.29, 1.82) is 0 Å². The zero-order valence-corrected chi connectivity index (χ0v) is 31.5. The zero-order valence-electron chi connectivity index (χ0n) is 31.5. The van der Waals surface area contributed by atoms with E-state index in [0.29, 0.717) is 18.2 Å². The predicted octanol–water partition coefficient (Wildman–Crippen LogP) is 11.9. The number of nitrogens with two attached hydrogens (primary N) is 1. The lowest BCUT2D eigenvalue weighted by Gasteiger charge is -2.40. The van der Waals surface area contributed by atoms with Gasteiger partial charge in [0.1, 0.15) is 17.3 Å². The number of hydrogen-bond acceptors (Lipinski definition) is 3. The van der Waals surface area contributed by atoms with Gasteiger partial charge < -0.3 is 10.5 Å². The van der Waals surface area contributed by atoms with Crippen LogP contribution < -0.4 is 10.5 Å². The van der Waals surface area contributed by atoms with Crippen molar-refractivity contribution in [2.75, 3.05) is 0 Å². The van der Waals surface area contributed by atoms with Crippen LogP contribution in [-0.2, 0) is 12.0 Å². The van der Waals surface area contributed by atoms with Crippen molar-refractivity contribution in [2.45, 2.75) is 12.0 Å². The molecule has 9 aromatic rings. The molecule has 0 bridgehead atoms. The highest BCUT2D eigenvalue weighted by atomic mass is 16.5. The minimum absolute atomic E-state index is 0.375. The van der Waals surface area contributed by atoms with Crippen molar-refractivity contribution in [3.63, 3.8) is 0 Å². The Balaban J connectivity index is 1.11. The number of fused-ring (bicyclic) bond motifs is 13. The number of benzene rings is 8. The van der Waals surface area contributed by atoms with Gasteiger partial charge in [0.15, 0.2) is 5.84 Å². The molecule has 0 saturated heterocycles. The Bertz CT molecular complexity index is 3090. The average molecular weight is 745 g/mol. The van der Waals surface area contributed by atoms with E-state index in [4.69, 9.17) is 25.4 Å². The van der Waals surface area contributed by atoms with E-state index >= 15 is 0 Å². The Hall–Kier alpha value is -7.63. The summed E-state index contributed by atoms with van der Waals surface area (Å²) in [6, 6.07) is 67.4. The summed E-state index contributed by atoms with van der Waals surface area (Å²) in [5.41, 5.74) is 19.0. The standard InChI is InChI=1S/C53H36N4O/c54-51(57-52(35-18-5-2-6-19-35)55-33-34-16-3-1-4-17-34)37-21-15-20-36(32-37)49-41-30-31-45-50(48(41)40-24-9-13-28-46(40)56-49)58-47-29-14-12-27-44(47)53(45)42-25-10-7-22-38(42)39-23-8-11-26-43(39)53/h1-32H,33H2,(H2,54,55,57). The molecule has 5 nitrogen and oxygen atoms in total. The first-order valence-corrected chi connectivity index (χ1v) is 19.6. The number of hydrogen-bond donors (Lipinski definition) is 1. The van der Waals surface area contributed by atoms with E-state index in [1.54, 1.807) is 0 Å². The SMILES string of the molecule is NC(=NC(=NCc1ccccc1)c1ccccc1)c1cccc(-c2nc3ccccc3c3c4c(ccc23)C2(c3ccccc3O4)c3ccccc3-c3ccccc32)c1. The second-order valence-electron chi connectivity index (χ2n) is 14.9. The van der Waals surface area contributed by atoms with Crippen molar-refractivity contribution >= 4 is 33.3 Å². The Kier molecular flexibility index (Phi) is 7.86. The quantitative estimate of drug-likeness (QED) is 0.108. The van der Waals surface area contributed by atoms with Crippen LogP contribution in [0.25, 0.3) is 44.1 Å². The van der Waals surface area contributed by atoms with Crippen LogP contribution in [0.1, 0.15) is 38.9 Å². The summed E-state index contributed by atoms with van der Waals surface area (Å²) >= 11 is 0. The third-order valence-corrected chi connectivity index (χ3v) is 11.6. The Morgan fingerprint density at radius 1 is 0.552 bits per heavy atom. The van der Waals surface area contributed by atoms with E-state index in [9.17, 15) is 0 Å². The van der Waals surface area contributed by atoms with Gasteiger partial charge in [-0.15, -0.1) is 0 Å². The highest BCUT2D eigenvalue weighted by Crippen LogP contribution is 2.63. The van der Waals surface area contributed by atoms with E-state index in [1.807, 2.05) is 66.7 Å². The molecule has 1 aliphatic heterocycles. The monoisotopic (exact) mass is 744 g/mol. The van der Waals surface area contributed by atoms with E-state index in [0.717, 1.165) is 72.2 Å². The molecule has 0 saturated carbocycles. The van der Waals surface area contributed by atoms with Gasteiger partial charge in [-0.2, -0.15) is 0 Å². The first-order valence-electron chi connectivity index (χ1n) is 19.6. The van der Waals surface area contributed by atoms with Crippen molar-refractivity contribution in [1.82, 2.24) is 4.98 Å². The van der Waals surface area contributed by atoms with Gasteiger partial charge in [-0.1, -0.05) is 176 Å². The van der Waals surface area contributed by atoms with Crippen molar-refractivity contribution in [3.8, 4) is 33.9 Å². The molecule has 1 aromatic heterocycles. The van der Waals surface area contributed by atoms with E-state index < -0.39 is 5.41 Å². The summed E-state index contributed by atoms with van der Waals surface area (Å²) in [4.78, 5) is 15.2. The highest BCUT2D eigenvalue weighted by molar-refractivity contribution is 6.16. The van der Waals surface area contributed by atoms with E-state index in [2.05, 4.69) is 127 Å². The van der Waals surface area contributed by atoms with Crippen LogP contribution in [0.3, 0.4) is 0 Å². The molecule has 1 spiro atoms. The smallest absolute Gasteiger partial charge is 0.157 e. The molecular weight excluding hydrogens is 709 g/mol. The van der Waals surface area contributed by atoms with Gasteiger partial charge in [0.05, 0.1) is 23.2 Å². The van der Waals surface area contributed by atoms with Crippen LogP contribution in [-0.4, -0.2) is 16.7 Å². The van der Waals surface area contributed by atoms with Gasteiger partial charge in [-0.25, -0.2) is 9.98 Å². The Morgan fingerprint density at radius 2 is 1.19 bits per heavy atom. The van der Waals surface area contributed by atoms with Gasteiger partial charge in [0.2, 0.25) is 0 Å². The Morgan fingerprint density at radius 3 is 1.97 bits per heavy atom. The fraction of sp³-hybridized carbons (Fsp3) is 0.0377. The molecule has 0 atom stereocenters. The summed E-state index contributed by atoms with van der Waals surface area (Å²) in [5, 5.41) is 3.06. The summed E-state index contributed by atoms with van der Waals surface area (Å²) in [6.07, 6.45) is 0. The normalized spacial score (nSPS) is 13.8. The third kappa shape index (κ3) is 5.21. The summed E-state index contributed by atoms with van der Waals surface area (Å²) in [5.74, 6) is 2.66. The molecule has 274 valence electrons. The first kappa shape index (κ1) is 33.7. The molecule has 5 heteroatoms. The molecule has 0 fully saturated rings. The van der Waals surface area contributed by atoms with Crippen LogP contribution in [0, 0.1) is 0 Å². The molecule has 1 aliphatic carbocycles. The lowest BCUT2D eigenvalue weighted by Crippen LogP contribution is -2.32. The third-order valence-electron chi connectivity index (χ3n) is 11.6. The minimum Gasteiger partial charge on any atom is -0.456 e. The number of ether oxygens (including phenoxy) is 1. The number of aliphatic imine (C=N–C) groups is 2. The summed E-state index contributed by atoms with van der Waals surface area (Å²) in [6.45, 7) is 0.490. The second kappa shape index (κ2) is 13.5. The van der Waals surface area contributed by atoms with Crippen LogP contribution in [0.4, 0.5) is 0 Å². The largest absolute Gasteiger partial charge is 0.456 e. The lowest BCUT2D eigenvalue weighted by molar-refractivity contribution is 0.442.